The van der Waals surface area contributed by atoms with E-state index in [1.165, 1.54) is 0 Å². The van der Waals surface area contributed by atoms with Crippen LogP contribution in [0.1, 0.15) is 23.7 Å². The van der Waals surface area contributed by atoms with E-state index in [0.717, 1.165) is 48.7 Å². The van der Waals surface area contributed by atoms with E-state index in [0.29, 0.717) is 6.42 Å². The van der Waals surface area contributed by atoms with Gasteiger partial charge in [0.05, 0.1) is 13.2 Å². The molecule has 0 saturated carbocycles. The molecule has 114 valence electrons. The molecule has 1 heterocycles. The maximum atomic E-state index is 12.4. The maximum Gasteiger partial charge on any atom is 0.163 e. The first-order valence-corrected chi connectivity index (χ1v) is 7.85. The summed E-state index contributed by atoms with van der Waals surface area (Å²) in [6.45, 7) is 5.12. The van der Waals surface area contributed by atoms with Crippen LogP contribution in [0.3, 0.4) is 0 Å². The number of rotatable bonds is 4. The molecule has 0 bridgehead atoms. The third-order valence-corrected chi connectivity index (χ3v) is 4.08. The molecule has 1 aliphatic rings. The summed E-state index contributed by atoms with van der Waals surface area (Å²) in [5.74, 6) is 0.189. The highest BCUT2D eigenvalue weighted by atomic mass is 16.5. The molecule has 1 aliphatic heterocycles. The van der Waals surface area contributed by atoms with E-state index in [9.17, 15) is 4.79 Å². The summed E-state index contributed by atoms with van der Waals surface area (Å²) in [7, 11) is 0. The highest BCUT2D eigenvalue weighted by molar-refractivity contribution is 6.05. The molecule has 0 spiro atoms. The number of hydrogen-bond donors (Lipinski definition) is 0. The maximum absolute atomic E-state index is 12.4. The fraction of sp³-hybridized carbons (Fsp3) is 0.316. The van der Waals surface area contributed by atoms with Crippen LogP contribution < -0.4 is 4.90 Å². The van der Waals surface area contributed by atoms with Gasteiger partial charge in [0.25, 0.3) is 0 Å². The zero-order valence-corrected chi connectivity index (χ0v) is 12.9. The molecule has 0 radical (unpaired) electrons. The van der Waals surface area contributed by atoms with Gasteiger partial charge in [0.2, 0.25) is 0 Å². The molecular formula is C19H21NO2. The van der Waals surface area contributed by atoms with E-state index in [2.05, 4.69) is 23.1 Å². The number of morpholine rings is 1. The monoisotopic (exact) mass is 295 g/mol. The van der Waals surface area contributed by atoms with Crippen LogP contribution in [0.4, 0.5) is 5.69 Å². The lowest BCUT2D eigenvalue weighted by Gasteiger charge is -2.31. The summed E-state index contributed by atoms with van der Waals surface area (Å²) >= 11 is 0. The number of Topliss-reactive ketones (excluding diaryl/α,β-unsaturated/α-hetero) is 1. The van der Waals surface area contributed by atoms with Crippen molar-refractivity contribution in [3.8, 4) is 11.1 Å². The Morgan fingerprint density at radius 1 is 1.05 bits per heavy atom. The number of hydrogen-bond acceptors (Lipinski definition) is 3. The van der Waals surface area contributed by atoms with Crippen molar-refractivity contribution in [3.63, 3.8) is 0 Å². The smallest absolute Gasteiger partial charge is 0.163 e. The van der Waals surface area contributed by atoms with Crippen molar-refractivity contribution >= 4 is 11.5 Å². The SMILES string of the molecule is CCC(=O)c1cccc(N2CCOCC2)c1-c1ccccc1. The fourth-order valence-corrected chi connectivity index (χ4v) is 2.94. The number of carbonyl (C=O) groups is 1. The van der Waals surface area contributed by atoms with E-state index in [4.69, 9.17) is 4.74 Å². The molecule has 0 atom stereocenters. The van der Waals surface area contributed by atoms with Gasteiger partial charge in [-0.25, -0.2) is 0 Å². The molecular weight excluding hydrogens is 274 g/mol. The topological polar surface area (TPSA) is 29.5 Å². The largest absolute Gasteiger partial charge is 0.378 e. The molecule has 0 amide bonds. The molecule has 3 rings (SSSR count). The molecule has 2 aromatic carbocycles. The van der Waals surface area contributed by atoms with E-state index in [1.54, 1.807) is 0 Å². The number of ketones is 1. The second kappa shape index (κ2) is 6.75. The Balaban J connectivity index is 2.14. The van der Waals surface area contributed by atoms with E-state index < -0.39 is 0 Å². The number of anilines is 1. The standard InChI is InChI=1S/C19H21NO2/c1-2-18(21)16-9-6-10-17(20-11-13-22-14-12-20)19(16)15-7-4-3-5-8-15/h3-10H,2,11-14H2,1H3. The van der Waals surface area contributed by atoms with Gasteiger partial charge in [-0.15, -0.1) is 0 Å². The van der Waals surface area contributed by atoms with Gasteiger partial charge in [0, 0.05) is 36.3 Å². The molecule has 1 fully saturated rings. The van der Waals surface area contributed by atoms with Gasteiger partial charge in [-0.3, -0.25) is 4.79 Å². The number of carbonyl (C=O) groups excluding carboxylic acids is 1. The van der Waals surface area contributed by atoms with Crippen molar-refractivity contribution in [1.82, 2.24) is 0 Å². The summed E-state index contributed by atoms with van der Waals surface area (Å²) in [6.07, 6.45) is 0.520. The average Bonchev–Trinajstić information content (AvgIpc) is 2.62. The Labute approximate surface area is 131 Å². The summed E-state index contributed by atoms with van der Waals surface area (Å²) in [6, 6.07) is 16.2. The summed E-state index contributed by atoms with van der Waals surface area (Å²) in [5, 5.41) is 0. The van der Waals surface area contributed by atoms with Crippen molar-refractivity contribution in [1.29, 1.82) is 0 Å². The summed E-state index contributed by atoms with van der Waals surface area (Å²) in [5.41, 5.74) is 4.10. The molecule has 3 nitrogen and oxygen atoms in total. The van der Waals surface area contributed by atoms with E-state index in [-0.39, 0.29) is 5.78 Å². The van der Waals surface area contributed by atoms with Gasteiger partial charge in [0.15, 0.2) is 5.78 Å². The first-order valence-electron chi connectivity index (χ1n) is 7.85. The second-order valence-electron chi connectivity index (χ2n) is 5.44. The minimum Gasteiger partial charge on any atom is -0.378 e. The predicted molar refractivity (Wildman–Crippen MR) is 89.5 cm³/mol. The van der Waals surface area contributed by atoms with Gasteiger partial charge >= 0.3 is 0 Å². The van der Waals surface area contributed by atoms with Gasteiger partial charge in [0.1, 0.15) is 0 Å². The Bertz CT molecular complexity index is 646. The van der Waals surface area contributed by atoms with Crippen LogP contribution in [0.25, 0.3) is 11.1 Å². The molecule has 0 N–H and O–H groups in total. The molecule has 0 aromatic heterocycles. The van der Waals surface area contributed by atoms with Crippen LogP contribution in [0.2, 0.25) is 0 Å². The first kappa shape index (κ1) is 14.8. The lowest BCUT2D eigenvalue weighted by molar-refractivity contribution is 0.0989. The first-order chi connectivity index (χ1) is 10.8. The zero-order chi connectivity index (χ0) is 15.4. The molecule has 22 heavy (non-hydrogen) atoms. The minimum absolute atomic E-state index is 0.189. The lowest BCUT2D eigenvalue weighted by Crippen LogP contribution is -2.36. The quantitative estimate of drug-likeness (QED) is 0.804. The molecule has 1 saturated heterocycles. The normalized spacial score (nSPS) is 14.9. The number of ether oxygens (including phenoxy) is 1. The number of benzene rings is 2. The van der Waals surface area contributed by atoms with Crippen LogP contribution in [0.5, 0.6) is 0 Å². The molecule has 0 aliphatic carbocycles. The van der Waals surface area contributed by atoms with Crippen molar-refractivity contribution in [2.24, 2.45) is 0 Å². The third-order valence-electron chi connectivity index (χ3n) is 4.08. The summed E-state index contributed by atoms with van der Waals surface area (Å²) < 4.78 is 5.46. The Morgan fingerprint density at radius 2 is 1.77 bits per heavy atom. The van der Waals surface area contributed by atoms with Gasteiger partial charge < -0.3 is 9.64 Å². The second-order valence-corrected chi connectivity index (χ2v) is 5.44. The third kappa shape index (κ3) is 2.90. The van der Waals surface area contributed by atoms with Gasteiger partial charge in [-0.05, 0) is 11.6 Å². The van der Waals surface area contributed by atoms with E-state index in [1.807, 2.05) is 37.3 Å². The van der Waals surface area contributed by atoms with E-state index >= 15 is 0 Å². The van der Waals surface area contributed by atoms with Crippen molar-refractivity contribution in [2.45, 2.75) is 13.3 Å². The Kier molecular flexibility index (Phi) is 4.54. The van der Waals surface area contributed by atoms with Crippen LogP contribution in [-0.2, 0) is 4.74 Å². The van der Waals surface area contributed by atoms with Crippen molar-refractivity contribution < 1.29 is 9.53 Å². The van der Waals surface area contributed by atoms with Crippen LogP contribution in [0, 0.1) is 0 Å². The van der Waals surface area contributed by atoms with Crippen LogP contribution >= 0.6 is 0 Å². The van der Waals surface area contributed by atoms with Crippen LogP contribution in [0.15, 0.2) is 48.5 Å². The van der Waals surface area contributed by atoms with Crippen molar-refractivity contribution in [3.05, 3.63) is 54.1 Å². The lowest BCUT2D eigenvalue weighted by atomic mass is 9.93. The Hall–Kier alpha value is -2.13. The number of nitrogens with zero attached hydrogens (tertiary/aromatic N) is 1. The summed E-state index contributed by atoms with van der Waals surface area (Å²) in [4.78, 5) is 14.7. The molecule has 3 heteroatoms. The average molecular weight is 295 g/mol. The molecule has 2 aromatic rings. The minimum atomic E-state index is 0.189. The predicted octanol–water partition coefficient (Wildman–Crippen LogP) is 3.78. The zero-order valence-electron chi connectivity index (χ0n) is 12.9. The molecule has 0 unspecified atom stereocenters. The van der Waals surface area contributed by atoms with Gasteiger partial charge in [-0.2, -0.15) is 0 Å². The highest BCUT2D eigenvalue weighted by Gasteiger charge is 2.20. The van der Waals surface area contributed by atoms with Crippen LogP contribution in [-0.4, -0.2) is 32.1 Å². The van der Waals surface area contributed by atoms with Crippen molar-refractivity contribution in [2.75, 3.05) is 31.2 Å². The Morgan fingerprint density at radius 3 is 2.45 bits per heavy atom. The fourth-order valence-electron chi connectivity index (χ4n) is 2.94. The highest BCUT2D eigenvalue weighted by Crippen LogP contribution is 2.35. The van der Waals surface area contributed by atoms with Gasteiger partial charge in [-0.1, -0.05) is 49.4 Å².